The van der Waals surface area contributed by atoms with Gasteiger partial charge in [-0.2, -0.15) is 5.10 Å². The van der Waals surface area contributed by atoms with Gasteiger partial charge in [0.05, 0.1) is 16.5 Å². The fourth-order valence-electron chi connectivity index (χ4n) is 2.98. The highest BCUT2D eigenvalue weighted by molar-refractivity contribution is 7.91. The monoisotopic (exact) mass is 313 g/mol. The molecule has 1 aromatic heterocycles. The van der Waals surface area contributed by atoms with E-state index in [2.05, 4.69) is 9.82 Å². The van der Waals surface area contributed by atoms with Gasteiger partial charge in [0, 0.05) is 24.9 Å². The van der Waals surface area contributed by atoms with Crippen LogP contribution in [0.5, 0.6) is 0 Å². The molecular weight excluding hydrogens is 290 g/mol. The van der Waals surface area contributed by atoms with Gasteiger partial charge >= 0.3 is 0 Å². The summed E-state index contributed by atoms with van der Waals surface area (Å²) in [4.78, 5) is 0. The van der Waals surface area contributed by atoms with Crippen molar-refractivity contribution in [3.63, 3.8) is 0 Å². The van der Waals surface area contributed by atoms with Crippen LogP contribution in [0.25, 0.3) is 0 Å². The molecule has 21 heavy (non-hydrogen) atoms. The molecular formula is C14H23N3O3S. The first kappa shape index (κ1) is 15.0. The maximum atomic E-state index is 12.4. The third kappa shape index (κ3) is 2.41. The summed E-state index contributed by atoms with van der Waals surface area (Å²) >= 11 is 0. The highest BCUT2D eigenvalue weighted by Gasteiger charge is 2.51. The predicted octanol–water partition coefficient (Wildman–Crippen LogP) is 1.34. The number of aryl methyl sites for hydroxylation is 2. The van der Waals surface area contributed by atoms with Crippen molar-refractivity contribution in [3.05, 3.63) is 17.0 Å². The lowest BCUT2D eigenvalue weighted by molar-refractivity contribution is 0.101. The molecule has 0 radical (unpaired) electrons. The second kappa shape index (κ2) is 4.79. The van der Waals surface area contributed by atoms with Crippen LogP contribution in [-0.4, -0.2) is 35.6 Å². The summed E-state index contributed by atoms with van der Waals surface area (Å²) in [5.41, 5.74) is 2.95. The Morgan fingerprint density at radius 3 is 2.57 bits per heavy atom. The van der Waals surface area contributed by atoms with Crippen LogP contribution < -0.4 is 4.72 Å². The van der Waals surface area contributed by atoms with Crippen molar-refractivity contribution in [1.29, 1.82) is 0 Å². The van der Waals surface area contributed by atoms with Gasteiger partial charge in [-0.15, -0.1) is 0 Å². The Morgan fingerprint density at radius 2 is 2.05 bits per heavy atom. The Hall–Kier alpha value is -0.920. The zero-order valence-corrected chi connectivity index (χ0v) is 13.8. The van der Waals surface area contributed by atoms with Gasteiger partial charge in [0.15, 0.2) is 0 Å². The average Bonchev–Trinajstić information content (AvgIpc) is 2.93. The maximum Gasteiger partial charge on any atom is 0.217 e. The Bertz CT molecular complexity index is 661. The van der Waals surface area contributed by atoms with Gasteiger partial charge in [0.25, 0.3) is 0 Å². The van der Waals surface area contributed by atoms with Crippen LogP contribution in [0, 0.1) is 13.8 Å². The molecule has 0 bridgehead atoms. The first-order valence-electron chi connectivity index (χ1n) is 7.39. The molecule has 0 aromatic carbocycles. The van der Waals surface area contributed by atoms with E-state index in [-0.39, 0.29) is 12.1 Å². The van der Waals surface area contributed by atoms with E-state index in [1.165, 1.54) is 0 Å². The molecule has 7 heteroatoms. The number of ether oxygens (including phenoxy) is 1. The van der Waals surface area contributed by atoms with Gasteiger partial charge in [-0.1, -0.05) is 0 Å². The van der Waals surface area contributed by atoms with Crippen LogP contribution in [0.3, 0.4) is 0 Å². The molecule has 1 saturated carbocycles. The SMILES string of the molecule is Cc1nn(C)c(C)c1[C@H]1OCC[C@@H]1NS(=O)(=O)C1(C)CC1. The number of nitrogens with one attached hydrogen (secondary N) is 1. The van der Waals surface area contributed by atoms with Crippen molar-refractivity contribution in [2.24, 2.45) is 7.05 Å². The predicted molar refractivity (Wildman–Crippen MR) is 79.5 cm³/mol. The van der Waals surface area contributed by atoms with Gasteiger partial charge in [-0.25, -0.2) is 13.1 Å². The molecule has 1 saturated heterocycles. The van der Waals surface area contributed by atoms with E-state index in [9.17, 15) is 8.42 Å². The minimum absolute atomic E-state index is 0.200. The fraction of sp³-hybridized carbons (Fsp3) is 0.786. The number of aromatic nitrogens is 2. The topological polar surface area (TPSA) is 73.2 Å². The van der Waals surface area contributed by atoms with Crippen molar-refractivity contribution in [2.75, 3.05) is 6.61 Å². The minimum atomic E-state index is -3.29. The highest BCUT2D eigenvalue weighted by atomic mass is 32.2. The minimum Gasteiger partial charge on any atom is -0.372 e. The van der Waals surface area contributed by atoms with Crippen molar-refractivity contribution in [1.82, 2.24) is 14.5 Å². The third-order valence-corrected chi connectivity index (χ3v) is 7.17. The molecule has 1 N–H and O–H groups in total. The summed E-state index contributed by atoms with van der Waals surface area (Å²) in [6.07, 6.45) is 1.95. The molecule has 6 nitrogen and oxygen atoms in total. The number of rotatable bonds is 4. The molecule has 0 amide bonds. The summed E-state index contributed by atoms with van der Waals surface area (Å²) in [5, 5.41) is 4.41. The van der Waals surface area contributed by atoms with E-state index in [4.69, 9.17) is 4.74 Å². The van der Waals surface area contributed by atoms with Gasteiger partial charge in [-0.05, 0) is 40.0 Å². The molecule has 2 heterocycles. The second-order valence-electron chi connectivity index (χ2n) is 6.47. The summed E-state index contributed by atoms with van der Waals surface area (Å²) in [6.45, 7) is 6.31. The molecule has 1 aromatic rings. The van der Waals surface area contributed by atoms with E-state index in [1.807, 2.05) is 25.6 Å². The van der Waals surface area contributed by atoms with Gasteiger partial charge in [0.2, 0.25) is 10.0 Å². The summed E-state index contributed by atoms with van der Waals surface area (Å²) in [5.74, 6) is 0. The summed E-state index contributed by atoms with van der Waals surface area (Å²) in [7, 11) is -1.39. The zero-order chi connectivity index (χ0) is 15.4. The number of sulfonamides is 1. The summed E-state index contributed by atoms with van der Waals surface area (Å²) < 4.78 is 34.8. The molecule has 118 valence electrons. The van der Waals surface area contributed by atoms with Gasteiger partial charge in [0.1, 0.15) is 6.10 Å². The normalized spacial score (nSPS) is 28.0. The molecule has 2 fully saturated rings. The Balaban J connectivity index is 1.86. The quantitative estimate of drug-likeness (QED) is 0.910. The second-order valence-corrected chi connectivity index (χ2v) is 8.69. The van der Waals surface area contributed by atoms with E-state index in [0.29, 0.717) is 13.0 Å². The zero-order valence-electron chi connectivity index (χ0n) is 13.0. The molecule has 1 aliphatic carbocycles. The first-order valence-corrected chi connectivity index (χ1v) is 8.87. The van der Waals surface area contributed by atoms with Crippen molar-refractivity contribution >= 4 is 10.0 Å². The van der Waals surface area contributed by atoms with E-state index in [0.717, 1.165) is 29.8 Å². The Labute approximate surface area is 125 Å². The van der Waals surface area contributed by atoms with Crippen molar-refractivity contribution < 1.29 is 13.2 Å². The number of hydrogen-bond acceptors (Lipinski definition) is 4. The van der Waals surface area contributed by atoms with Crippen LogP contribution in [-0.2, 0) is 21.8 Å². The molecule has 0 unspecified atom stereocenters. The van der Waals surface area contributed by atoms with Crippen molar-refractivity contribution in [3.8, 4) is 0 Å². The number of hydrogen-bond donors (Lipinski definition) is 1. The molecule has 3 rings (SSSR count). The molecule has 2 atom stereocenters. The lowest BCUT2D eigenvalue weighted by Gasteiger charge is -2.22. The smallest absolute Gasteiger partial charge is 0.217 e. The highest BCUT2D eigenvalue weighted by Crippen LogP contribution is 2.43. The lowest BCUT2D eigenvalue weighted by Crippen LogP contribution is -2.42. The Morgan fingerprint density at radius 1 is 1.38 bits per heavy atom. The average molecular weight is 313 g/mol. The molecule has 1 aliphatic heterocycles. The van der Waals surface area contributed by atoms with E-state index < -0.39 is 14.8 Å². The van der Waals surface area contributed by atoms with Crippen LogP contribution >= 0.6 is 0 Å². The summed E-state index contributed by atoms with van der Waals surface area (Å²) in [6, 6.07) is -0.200. The van der Waals surface area contributed by atoms with Gasteiger partial charge < -0.3 is 4.74 Å². The molecule has 0 spiro atoms. The van der Waals surface area contributed by atoms with Crippen molar-refractivity contribution in [2.45, 2.75) is 56.9 Å². The third-order valence-electron chi connectivity index (χ3n) is 4.85. The standard InChI is InChI=1S/C14H23N3O3S/c1-9-12(10(2)17(4)15-9)13-11(5-8-20-13)16-21(18,19)14(3)6-7-14/h11,13,16H,5-8H2,1-4H3/t11-,13-/m0/s1. The van der Waals surface area contributed by atoms with Crippen LogP contribution in [0.1, 0.15) is 49.2 Å². The van der Waals surface area contributed by atoms with Crippen LogP contribution in [0.2, 0.25) is 0 Å². The maximum absolute atomic E-state index is 12.4. The Kier molecular flexibility index (Phi) is 3.42. The first-order chi connectivity index (χ1) is 9.75. The van der Waals surface area contributed by atoms with E-state index >= 15 is 0 Å². The van der Waals surface area contributed by atoms with Crippen LogP contribution in [0.15, 0.2) is 0 Å². The van der Waals surface area contributed by atoms with Gasteiger partial charge in [-0.3, -0.25) is 4.68 Å². The van der Waals surface area contributed by atoms with Crippen LogP contribution in [0.4, 0.5) is 0 Å². The largest absolute Gasteiger partial charge is 0.372 e. The fourth-order valence-corrected chi connectivity index (χ4v) is 4.55. The lowest BCUT2D eigenvalue weighted by atomic mass is 10.0. The molecule has 2 aliphatic rings. The van der Waals surface area contributed by atoms with E-state index in [1.54, 1.807) is 6.92 Å². The number of nitrogens with zero attached hydrogens (tertiary/aromatic N) is 2.